The Labute approximate surface area is 193 Å². The normalized spacial score (nSPS) is 11.7. The summed E-state index contributed by atoms with van der Waals surface area (Å²) in [6.45, 7) is 4.17. The summed E-state index contributed by atoms with van der Waals surface area (Å²) in [4.78, 5) is 18.7. The van der Waals surface area contributed by atoms with Gasteiger partial charge in [-0.05, 0) is 47.7 Å². The van der Waals surface area contributed by atoms with E-state index in [1.54, 1.807) is 11.3 Å². The van der Waals surface area contributed by atoms with E-state index in [-0.39, 0.29) is 5.92 Å². The molecule has 0 aliphatic carbocycles. The van der Waals surface area contributed by atoms with E-state index in [2.05, 4.69) is 56.5 Å². The van der Waals surface area contributed by atoms with Crippen molar-refractivity contribution in [2.45, 2.75) is 19.8 Å². The van der Waals surface area contributed by atoms with Crippen molar-refractivity contribution in [3.05, 3.63) is 65.9 Å². The Morgan fingerprint density at radius 1 is 1.00 bits per heavy atom. The summed E-state index contributed by atoms with van der Waals surface area (Å²) in [7, 11) is 0. The number of pyridine rings is 3. The van der Waals surface area contributed by atoms with Crippen LogP contribution in [0.1, 0.15) is 25.5 Å². The molecule has 162 valence electrons. The van der Waals surface area contributed by atoms with Crippen molar-refractivity contribution in [3.63, 3.8) is 0 Å². The van der Waals surface area contributed by atoms with Gasteiger partial charge in [-0.15, -0.1) is 11.3 Å². The number of H-pyrrole nitrogens is 2. The van der Waals surface area contributed by atoms with Crippen molar-refractivity contribution in [2.24, 2.45) is 0 Å². The zero-order valence-electron chi connectivity index (χ0n) is 18.1. The number of nitrogen functional groups attached to an aromatic ring is 1. The molecule has 0 atom stereocenters. The van der Waals surface area contributed by atoms with Gasteiger partial charge in [0.2, 0.25) is 0 Å². The average molecular weight is 452 g/mol. The van der Waals surface area contributed by atoms with Crippen LogP contribution in [0.5, 0.6) is 0 Å². The predicted octanol–water partition coefficient (Wildman–Crippen LogP) is 6.00. The third kappa shape index (κ3) is 3.27. The molecule has 0 radical (unpaired) electrons. The van der Waals surface area contributed by atoms with E-state index in [4.69, 9.17) is 10.7 Å². The van der Waals surface area contributed by atoms with Gasteiger partial charge >= 0.3 is 0 Å². The predicted molar refractivity (Wildman–Crippen MR) is 134 cm³/mol. The van der Waals surface area contributed by atoms with Gasteiger partial charge in [0, 0.05) is 28.9 Å². The van der Waals surface area contributed by atoms with E-state index < -0.39 is 0 Å². The monoisotopic (exact) mass is 451 g/mol. The highest BCUT2D eigenvalue weighted by Crippen LogP contribution is 2.34. The van der Waals surface area contributed by atoms with Crippen molar-refractivity contribution >= 4 is 39.0 Å². The molecule has 0 aliphatic heterocycles. The summed E-state index contributed by atoms with van der Waals surface area (Å²) in [5.41, 5.74) is 14.8. The SMILES string of the molecule is CC(C)c1ncc(-c2ccc3[nH]nc(-c4cc5c(-c6cccs6)nccc5[nH]4)c3n2)cc1N. The number of aromatic amines is 2. The molecule has 4 N–H and O–H groups in total. The van der Waals surface area contributed by atoms with Crippen molar-refractivity contribution < 1.29 is 0 Å². The van der Waals surface area contributed by atoms with Crippen LogP contribution in [0.3, 0.4) is 0 Å². The second-order valence-corrected chi connectivity index (χ2v) is 9.25. The van der Waals surface area contributed by atoms with Gasteiger partial charge in [0.25, 0.3) is 0 Å². The number of nitrogens with zero attached hydrogens (tertiary/aromatic N) is 4. The third-order valence-electron chi connectivity index (χ3n) is 5.76. The van der Waals surface area contributed by atoms with E-state index in [0.29, 0.717) is 5.69 Å². The zero-order valence-corrected chi connectivity index (χ0v) is 18.9. The Morgan fingerprint density at radius 3 is 2.70 bits per heavy atom. The molecule has 0 bridgehead atoms. The molecule has 6 aromatic rings. The van der Waals surface area contributed by atoms with Crippen LogP contribution in [-0.2, 0) is 0 Å². The number of rotatable bonds is 4. The van der Waals surface area contributed by atoms with E-state index in [1.807, 2.05) is 42.7 Å². The molecule has 6 heterocycles. The maximum atomic E-state index is 6.25. The smallest absolute Gasteiger partial charge is 0.135 e. The van der Waals surface area contributed by atoms with E-state index in [0.717, 1.165) is 60.8 Å². The van der Waals surface area contributed by atoms with Gasteiger partial charge in [-0.1, -0.05) is 19.9 Å². The number of hydrogen-bond donors (Lipinski definition) is 3. The van der Waals surface area contributed by atoms with Gasteiger partial charge < -0.3 is 10.7 Å². The highest BCUT2D eigenvalue weighted by atomic mass is 32.1. The summed E-state index contributed by atoms with van der Waals surface area (Å²) in [5, 5.41) is 10.8. The van der Waals surface area contributed by atoms with Crippen molar-refractivity contribution in [3.8, 4) is 33.2 Å². The molecule has 0 aliphatic rings. The minimum atomic E-state index is 0.269. The largest absolute Gasteiger partial charge is 0.397 e. The molecule has 6 aromatic heterocycles. The molecule has 0 amide bonds. The molecule has 0 saturated carbocycles. The van der Waals surface area contributed by atoms with E-state index in [9.17, 15) is 0 Å². The quantitative estimate of drug-likeness (QED) is 0.305. The van der Waals surface area contributed by atoms with Crippen LogP contribution in [0.4, 0.5) is 5.69 Å². The van der Waals surface area contributed by atoms with Crippen LogP contribution in [0.25, 0.3) is 55.2 Å². The lowest BCUT2D eigenvalue weighted by atomic mass is 10.1. The molecular formula is C25H21N7S. The molecule has 0 fully saturated rings. The van der Waals surface area contributed by atoms with E-state index in [1.165, 1.54) is 0 Å². The van der Waals surface area contributed by atoms with Gasteiger partial charge in [-0.25, -0.2) is 4.98 Å². The highest BCUT2D eigenvalue weighted by molar-refractivity contribution is 7.13. The number of hydrogen-bond acceptors (Lipinski definition) is 6. The molecule has 8 heteroatoms. The lowest BCUT2D eigenvalue weighted by Crippen LogP contribution is -2.00. The molecule has 7 nitrogen and oxygen atoms in total. The number of aromatic nitrogens is 6. The van der Waals surface area contributed by atoms with Crippen molar-refractivity contribution in [1.82, 2.24) is 30.1 Å². The minimum absolute atomic E-state index is 0.269. The van der Waals surface area contributed by atoms with Gasteiger partial charge in [-0.3, -0.25) is 15.1 Å². The number of anilines is 1. The Hall–Kier alpha value is -4.04. The molecule has 0 spiro atoms. The lowest BCUT2D eigenvalue weighted by molar-refractivity contribution is 0.827. The minimum Gasteiger partial charge on any atom is -0.397 e. The molecule has 33 heavy (non-hydrogen) atoms. The number of fused-ring (bicyclic) bond motifs is 2. The number of thiophene rings is 1. The third-order valence-corrected chi connectivity index (χ3v) is 6.63. The maximum Gasteiger partial charge on any atom is 0.135 e. The van der Waals surface area contributed by atoms with Crippen LogP contribution in [-0.4, -0.2) is 30.1 Å². The van der Waals surface area contributed by atoms with Gasteiger partial charge in [0.1, 0.15) is 11.2 Å². The summed E-state index contributed by atoms with van der Waals surface area (Å²) in [6, 6.07) is 14.1. The Bertz CT molecular complexity index is 1610. The fourth-order valence-corrected chi connectivity index (χ4v) is 4.89. The van der Waals surface area contributed by atoms with Gasteiger partial charge in [0.05, 0.1) is 38.9 Å². The van der Waals surface area contributed by atoms with Gasteiger partial charge in [-0.2, -0.15) is 5.10 Å². The topological polar surface area (TPSA) is 109 Å². The molecule has 0 unspecified atom stereocenters. The fraction of sp³-hybridized carbons (Fsp3) is 0.120. The molecule has 0 saturated heterocycles. The van der Waals surface area contributed by atoms with Crippen LogP contribution < -0.4 is 5.73 Å². The molecule has 0 aromatic carbocycles. The van der Waals surface area contributed by atoms with E-state index >= 15 is 0 Å². The lowest BCUT2D eigenvalue weighted by Gasteiger charge is -2.10. The summed E-state index contributed by atoms with van der Waals surface area (Å²) >= 11 is 1.68. The van der Waals surface area contributed by atoms with Gasteiger partial charge in [0.15, 0.2) is 0 Å². The van der Waals surface area contributed by atoms with Crippen LogP contribution >= 0.6 is 11.3 Å². The van der Waals surface area contributed by atoms with Crippen LogP contribution in [0.2, 0.25) is 0 Å². The first-order valence-corrected chi connectivity index (χ1v) is 11.6. The summed E-state index contributed by atoms with van der Waals surface area (Å²) in [5.74, 6) is 0.269. The Balaban J connectivity index is 1.47. The van der Waals surface area contributed by atoms with Crippen molar-refractivity contribution in [2.75, 3.05) is 5.73 Å². The zero-order chi connectivity index (χ0) is 22.5. The van der Waals surface area contributed by atoms with Crippen LogP contribution in [0, 0.1) is 0 Å². The summed E-state index contributed by atoms with van der Waals surface area (Å²) in [6.07, 6.45) is 3.66. The highest BCUT2D eigenvalue weighted by Gasteiger charge is 2.16. The number of nitrogens with one attached hydrogen (secondary N) is 2. The fourth-order valence-electron chi connectivity index (χ4n) is 4.15. The summed E-state index contributed by atoms with van der Waals surface area (Å²) < 4.78 is 0. The average Bonchev–Trinajstić information content (AvgIpc) is 3.57. The first-order chi connectivity index (χ1) is 16.1. The van der Waals surface area contributed by atoms with Crippen LogP contribution in [0.15, 0.2) is 60.2 Å². The number of nitrogens with two attached hydrogens (primary N) is 1. The standard InChI is InChI=1S/C25H21N7S/c1-13(2)22-16(26)10-14(12-28-22)17-5-6-19-24(30-17)25(32-31-19)20-11-15-18(29-20)7-8-27-23(15)21-4-3-9-33-21/h3-13,29H,26H2,1-2H3,(H,31,32). The maximum absolute atomic E-state index is 6.25. The Morgan fingerprint density at radius 2 is 1.91 bits per heavy atom. The Kier molecular flexibility index (Phi) is 4.48. The second-order valence-electron chi connectivity index (χ2n) is 8.30. The second kappa shape index (κ2) is 7.53. The first-order valence-electron chi connectivity index (χ1n) is 10.7. The van der Waals surface area contributed by atoms with Crippen molar-refractivity contribution in [1.29, 1.82) is 0 Å². The first kappa shape index (κ1) is 19.6. The molecule has 6 rings (SSSR count). The molecular weight excluding hydrogens is 430 g/mol.